The summed E-state index contributed by atoms with van der Waals surface area (Å²) in [6.07, 6.45) is 1.37. The van der Waals surface area contributed by atoms with Gasteiger partial charge in [-0.3, -0.25) is 5.21 Å². The SMILES string of the molecule is O=S(=O)(CCNC1=CN(c2ccc(F)c(Br)c2)ON1O)NCCO. The molecule has 24 heavy (non-hydrogen) atoms. The van der Waals surface area contributed by atoms with E-state index >= 15 is 0 Å². The number of nitrogens with one attached hydrogen (secondary N) is 2. The van der Waals surface area contributed by atoms with Crippen LogP contribution in [0.1, 0.15) is 0 Å². The summed E-state index contributed by atoms with van der Waals surface area (Å²) < 4.78 is 38.8. The first-order valence-electron chi connectivity index (χ1n) is 6.77. The van der Waals surface area contributed by atoms with Crippen LogP contribution in [0.3, 0.4) is 0 Å². The predicted molar refractivity (Wildman–Crippen MR) is 86.3 cm³/mol. The van der Waals surface area contributed by atoms with E-state index in [0.717, 1.165) is 0 Å². The van der Waals surface area contributed by atoms with E-state index < -0.39 is 15.8 Å². The average Bonchev–Trinajstić information content (AvgIpc) is 2.89. The van der Waals surface area contributed by atoms with Crippen LogP contribution in [0.5, 0.6) is 0 Å². The highest BCUT2D eigenvalue weighted by atomic mass is 79.9. The first-order chi connectivity index (χ1) is 11.3. The molecule has 134 valence electrons. The molecule has 0 atom stereocenters. The number of benzene rings is 1. The summed E-state index contributed by atoms with van der Waals surface area (Å²) >= 11 is 3.05. The monoisotopic (exact) mass is 426 g/mol. The molecule has 0 saturated heterocycles. The quantitative estimate of drug-likeness (QED) is 0.467. The number of aliphatic hydroxyl groups is 1. The number of halogens is 2. The minimum atomic E-state index is -3.53. The molecule has 0 unspecified atom stereocenters. The number of hydrogen-bond acceptors (Lipinski definition) is 8. The fourth-order valence-electron chi connectivity index (χ4n) is 1.76. The number of hydrogen-bond donors (Lipinski definition) is 4. The summed E-state index contributed by atoms with van der Waals surface area (Å²) in [5.41, 5.74) is 0.441. The van der Waals surface area contributed by atoms with Gasteiger partial charge in [0.05, 0.1) is 28.7 Å². The van der Waals surface area contributed by atoms with Crippen LogP contribution in [0.15, 0.2) is 34.7 Å². The average molecular weight is 427 g/mol. The van der Waals surface area contributed by atoms with Gasteiger partial charge in [-0.25, -0.2) is 17.5 Å². The molecule has 0 radical (unpaired) electrons. The summed E-state index contributed by atoms with van der Waals surface area (Å²) in [4.78, 5) is 5.03. The first-order valence-corrected chi connectivity index (χ1v) is 9.22. The van der Waals surface area contributed by atoms with E-state index in [0.29, 0.717) is 10.9 Å². The number of aliphatic hydroxyl groups excluding tert-OH is 1. The Balaban J connectivity index is 1.94. The zero-order chi connectivity index (χ0) is 17.7. The lowest BCUT2D eigenvalue weighted by Crippen LogP contribution is -2.35. The summed E-state index contributed by atoms with van der Waals surface area (Å²) in [7, 11) is -3.53. The van der Waals surface area contributed by atoms with Crippen molar-refractivity contribution in [2.45, 2.75) is 0 Å². The van der Waals surface area contributed by atoms with Crippen LogP contribution in [0.4, 0.5) is 10.1 Å². The van der Waals surface area contributed by atoms with Gasteiger partial charge in [0.2, 0.25) is 10.0 Å². The van der Waals surface area contributed by atoms with E-state index in [1.165, 1.54) is 29.5 Å². The molecule has 9 nitrogen and oxygen atoms in total. The maximum absolute atomic E-state index is 13.2. The van der Waals surface area contributed by atoms with Crippen molar-refractivity contribution in [1.82, 2.24) is 15.3 Å². The van der Waals surface area contributed by atoms with Crippen molar-refractivity contribution in [3.63, 3.8) is 0 Å². The Labute approximate surface area is 146 Å². The molecule has 1 heterocycles. The van der Waals surface area contributed by atoms with Crippen LogP contribution >= 0.6 is 15.9 Å². The minimum Gasteiger partial charge on any atom is -0.395 e. The molecule has 0 saturated carbocycles. The van der Waals surface area contributed by atoms with Crippen molar-refractivity contribution in [2.24, 2.45) is 0 Å². The molecule has 1 aromatic carbocycles. The number of rotatable bonds is 8. The van der Waals surface area contributed by atoms with Crippen LogP contribution in [0.25, 0.3) is 0 Å². The molecule has 1 aliphatic heterocycles. The van der Waals surface area contributed by atoms with Crippen LogP contribution in [0, 0.1) is 5.82 Å². The van der Waals surface area contributed by atoms with Crippen molar-refractivity contribution < 1.29 is 28.1 Å². The lowest BCUT2D eigenvalue weighted by Gasteiger charge is -2.16. The van der Waals surface area contributed by atoms with Crippen LogP contribution < -0.4 is 15.1 Å². The van der Waals surface area contributed by atoms with Gasteiger partial charge in [-0.2, -0.15) is 5.06 Å². The van der Waals surface area contributed by atoms with E-state index in [1.807, 2.05) is 0 Å². The maximum Gasteiger partial charge on any atom is 0.213 e. The third-order valence-corrected chi connectivity index (χ3v) is 4.87. The fraction of sp³-hybridized carbons (Fsp3) is 0.333. The van der Waals surface area contributed by atoms with E-state index in [9.17, 15) is 18.0 Å². The standard InChI is InChI=1S/C12H16BrFN4O5S/c13-10-7-9(1-2-11(10)14)17-8-12(18(20)23-17)15-4-6-24(21,22)16-3-5-19/h1-2,7-8,15-16,19-20H,3-6H2. The van der Waals surface area contributed by atoms with Crippen molar-refractivity contribution in [3.8, 4) is 0 Å². The van der Waals surface area contributed by atoms with Crippen LogP contribution in [0.2, 0.25) is 0 Å². The Morgan fingerprint density at radius 2 is 2.08 bits per heavy atom. The summed E-state index contributed by atoms with van der Waals surface area (Å²) in [5.74, 6) is -0.602. The molecular formula is C12H16BrFN4O5S. The molecule has 1 aliphatic rings. The normalized spacial score (nSPS) is 14.9. The van der Waals surface area contributed by atoms with Crippen molar-refractivity contribution in [1.29, 1.82) is 0 Å². The van der Waals surface area contributed by atoms with Gasteiger partial charge in [0.15, 0.2) is 5.82 Å². The minimum absolute atomic E-state index is 0.00598. The Kier molecular flexibility index (Phi) is 6.37. The lowest BCUT2D eigenvalue weighted by molar-refractivity contribution is -0.306. The van der Waals surface area contributed by atoms with Gasteiger partial charge in [0.1, 0.15) is 5.82 Å². The van der Waals surface area contributed by atoms with Gasteiger partial charge in [-0.15, -0.1) is 4.94 Å². The fourth-order valence-corrected chi connectivity index (χ4v) is 3.04. The molecule has 4 N–H and O–H groups in total. The van der Waals surface area contributed by atoms with E-state index in [-0.39, 0.29) is 35.7 Å². The number of nitrogens with zero attached hydrogens (tertiary/aromatic N) is 2. The molecule has 0 aromatic heterocycles. The first kappa shape index (κ1) is 18.9. The van der Waals surface area contributed by atoms with Crippen molar-refractivity contribution >= 4 is 31.6 Å². The second-order valence-corrected chi connectivity index (χ2v) is 7.44. The predicted octanol–water partition coefficient (Wildman–Crippen LogP) is 0.246. The summed E-state index contributed by atoms with van der Waals surface area (Å²) in [6, 6.07) is 4.12. The molecule has 12 heteroatoms. The highest BCUT2D eigenvalue weighted by Crippen LogP contribution is 2.27. The summed E-state index contributed by atoms with van der Waals surface area (Å²) in [6.45, 7) is -0.361. The largest absolute Gasteiger partial charge is 0.395 e. The molecule has 0 spiro atoms. The number of hydroxylamine groups is 3. The maximum atomic E-state index is 13.2. The second-order valence-electron chi connectivity index (χ2n) is 4.66. The van der Waals surface area contributed by atoms with Gasteiger partial charge in [-0.05, 0) is 34.1 Å². The van der Waals surface area contributed by atoms with E-state index in [4.69, 9.17) is 10.0 Å². The molecule has 0 amide bonds. The molecule has 0 aliphatic carbocycles. The van der Waals surface area contributed by atoms with E-state index in [1.54, 1.807) is 0 Å². The van der Waals surface area contributed by atoms with Gasteiger partial charge >= 0.3 is 0 Å². The highest BCUT2D eigenvalue weighted by molar-refractivity contribution is 9.10. The Bertz CT molecular complexity index is 717. The third-order valence-electron chi connectivity index (χ3n) is 2.88. The van der Waals surface area contributed by atoms with E-state index in [2.05, 4.69) is 26.0 Å². The summed E-state index contributed by atoms with van der Waals surface area (Å²) in [5, 5.41) is 22.6. The Morgan fingerprint density at radius 3 is 2.75 bits per heavy atom. The van der Waals surface area contributed by atoms with Gasteiger partial charge in [0.25, 0.3) is 0 Å². The third kappa shape index (κ3) is 5.03. The van der Waals surface area contributed by atoms with Crippen molar-refractivity contribution in [2.75, 3.05) is 30.5 Å². The van der Waals surface area contributed by atoms with Crippen LogP contribution in [-0.4, -0.2) is 49.4 Å². The zero-order valence-corrected chi connectivity index (χ0v) is 14.7. The van der Waals surface area contributed by atoms with Gasteiger partial charge in [0, 0.05) is 13.1 Å². The van der Waals surface area contributed by atoms with Gasteiger partial charge < -0.3 is 10.4 Å². The zero-order valence-electron chi connectivity index (χ0n) is 12.3. The molecule has 0 bridgehead atoms. The molecule has 2 rings (SSSR count). The molecule has 1 aromatic rings. The number of anilines is 1. The molecule has 0 fully saturated rings. The molecular weight excluding hydrogens is 411 g/mol. The van der Waals surface area contributed by atoms with Crippen LogP contribution in [-0.2, 0) is 15.0 Å². The second kappa shape index (κ2) is 8.09. The number of sulfonamides is 1. The Morgan fingerprint density at radius 1 is 1.33 bits per heavy atom. The topological polar surface area (TPSA) is 114 Å². The smallest absolute Gasteiger partial charge is 0.213 e. The van der Waals surface area contributed by atoms with Gasteiger partial charge in [-0.1, -0.05) is 5.23 Å². The van der Waals surface area contributed by atoms with Crippen molar-refractivity contribution in [3.05, 3.63) is 40.5 Å². The lowest BCUT2D eigenvalue weighted by atomic mass is 10.3. The highest BCUT2D eigenvalue weighted by Gasteiger charge is 2.23. The Hall–Kier alpha value is -1.44.